The predicted octanol–water partition coefficient (Wildman–Crippen LogP) is 6.72. The summed E-state index contributed by atoms with van der Waals surface area (Å²) in [5.74, 6) is 2.40. The quantitative estimate of drug-likeness (QED) is 0.160. The maximum Gasteiger partial charge on any atom is 0.186 e. The maximum atomic E-state index is 6.70. The Labute approximate surface area is 256 Å². The SMILES string of the molecule is CCCCO[C@@H]1O[C@H](CC)[C@@H](OCc2ccc(OC)cc2)[C@H](OCc2ccc(OC)cc2)[C@H]1OCc1ccc(OC)cc1. The fourth-order valence-corrected chi connectivity index (χ4v) is 4.99. The van der Waals surface area contributed by atoms with Gasteiger partial charge in [0, 0.05) is 6.61 Å². The zero-order valence-corrected chi connectivity index (χ0v) is 26.0. The highest BCUT2D eigenvalue weighted by Crippen LogP contribution is 2.33. The molecule has 0 aromatic heterocycles. The third-order valence-electron chi connectivity index (χ3n) is 7.58. The molecule has 43 heavy (non-hydrogen) atoms. The third kappa shape index (κ3) is 9.42. The summed E-state index contributed by atoms with van der Waals surface area (Å²) in [7, 11) is 4.98. The summed E-state index contributed by atoms with van der Waals surface area (Å²) < 4.78 is 48.7. The number of hydrogen-bond donors (Lipinski definition) is 0. The van der Waals surface area contributed by atoms with Crippen LogP contribution in [0.3, 0.4) is 0 Å². The zero-order valence-electron chi connectivity index (χ0n) is 26.0. The van der Waals surface area contributed by atoms with E-state index < -0.39 is 24.6 Å². The van der Waals surface area contributed by atoms with Crippen molar-refractivity contribution in [2.45, 2.75) is 83.6 Å². The molecule has 0 aliphatic carbocycles. The van der Waals surface area contributed by atoms with Gasteiger partial charge in [-0.1, -0.05) is 56.7 Å². The second-order valence-electron chi connectivity index (χ2n) is 10.5. The van der Waals surface area contributed by atoms with Crippen molar-refractivity contribution in [3.8, 4) is 17.2 Å². The topological polar surface area (TPSA) is 73.8 Å². The number of unbranched alkanes of at least 4 members (excludes halogenated alkanes) is 1. The van der Waals surface area contributed by atoms with Gasteiger partial charge < -0.3 is 37.9 Å². The monoisotopic (exact) mass is 594 g/mol. The minimum absolute atomic E-state index is 0.244. The van der Waals surface area contributed by atoms with Crippen molar-refractivity contribution in [2.24, 2.45) is 0 Å². The molecule has 234 valence electrons. The van der Waals surface area contributed by atoms with Crippen molar-refractivity contribution in [3.63, 3.8) is 0 Å². The molecule has 1 aliphatic heterocycles. The molecule has 3 aromatic carbocycles. The van der Waals surface area contributed by atoms with E-state index in [9.17, 15) is 0 Å². The van der Waals surface area contributed by atoms with Gasteiger partial charge in [0.1, 0.15) is 35.6 Å². The van der Waals surface area contributed by atoms with Gasteiger partial charge >= 0.3 is 0 Å². The molecule has 0 N–H and O–H groups in total. The summed E-state index contributed by atoms with van der Waals surface area (Å²) in [6.07, 6.45) is 0.460. The van der Waals surface area contributed by atoms with Crippen LogP contribution in [-0.2, 0) is 43.5 Å². The lowest BCUT2D eigenvalue weighted by Crippen LogP contribution is -2.60. The second kappa shape index (κ2) is 17.2. The third-order valence-corrected chi connectivity index (χ3v) is 7.58. The maximum absolute atomic E-state index is 6.70. The van der Waals surface area contributed by atoms with Crippen molar-refractivity contribution in [1.29, 1.82) is 0 Å². The van der Waals surface area contributed by atoms with Gasteiger partial charge in [0.25, 0.3) is 0 Å². The average molecular weight is 595 g/mol. The van der Waals surface area contributed by atoms with Gasteiger partial charge in [0.05, 0.1) is 47.3 Å². The number of benzene rings is 3. The lowest BCUT2D eigenvalue weighted by molar-refractivity contribution is -0.323. The van der Waals surface area contributed by atoms with Crippen molar-refractivity contribution < 1.29 is 37.9 Å². The van der Waals surface area contributed by atoms with Gasteiger partial charge in [-0.2, -0.15) is 0 Å². The van der Waals surface area contributed by atoms with Crippen LogP contribution in [-0.4, -0.2) is 58.6 Å². The molecule has 3 aromatic rings. The van der Waals surface area contributed by atoms with E-state index >= 15 is 0 Å². The smallest absolute Gasteiger partial charge is 0.186 e. The summed E-state index contributed by atoms with van der Waals surface area (Å²) in [5, 5.41) is 0. The van der Waals surface area contributed by atoms with Gasteiger partial charge in [0.2, 0.25) is 0 Å². The van der Waals surface area contributed by atoms with E-state index in [1.54, 1.807) is 21.3 Å². The standard InChI is InChI=1S/C35H46O8/c1-6-8-21-39-35-34(42-24-27-13-19-30(38-5)20-14-27)33(41-23-26-11-17-29(37-4)18-12-26)32(31(7-2)43-35)40-22-25-9-15-28(36-3)16-10-25/h9-20,31-35H,6-8,21-24H2,1-5H3/t31-,32-,33+,34-,35-/m1/s1. The average Bonchev–Trinajstić information content (AvgIpc) is 3.06. The predicted molar refractivity (Wildman–Crippen MR) is 165 cm³/mol. The first kappa shape index (κ1) is 32.8. The molecule has 0 radical (unpaired) electrons. The van der Waals surface area contributed by atoms with Crippen LogP contribution in [0.5, 0.6) is 17.2 Å². The van der Waals surface area contributed by atoms with Crippen LogP contribution in [0.4, 0.5) is 0 Å². The summed E-state index contributed by atoms with van der Waals surface area (Å²) in [6, 6.07) is 23.6. The summed E-state index contributed by atoms with van der Waals surface area (Å²) in [6.45, 7) is 5.93. The van der Waals surface area contributed by atoms with Gasteiger partial charge in [-0.25, -0.2) is 0 Å². The fourth-order valence-electron chi connectivity index (χ4n) is 4.99. The van der Waals surface area contributed by atoms with Gasteiger partial charge in [-0.3, -0.25) is 0 Å². The summed E-state index contributed by atoms with van der Waals surface area (Å²) in [4.78, 5) is 0. The molecular weight excluding hydrogens is 548 g/mol. The molecule has 0 saturated carbocycles. The Kier molecular flexibility index (Phi) is 13.1. The van der Waals surface area contributed by atoms with E-state index in [2.05, 4.69) is 13.8 Å². The molecule has 1 fully saturated rings. The summed E-state index contributed by atoms with van der Waals surface area (Å²) >= 11 is 0. The lowest BCUT2D eigenvalue weighted by atomic mass is 9.96. The van der Waals surface area contributed by atoms with E-state index in [-0.39, 0.29) is 6.10 Å². The number of methoxy groups -OCH3 is 3. The lowest BCUT2D eigenvalue weighted by Gasteiger charge is -2.46. The van der Waals surface area contributed by atoms with Crippen molar-refractivity contribution in [3.05, 3.63) is 89.5 Å². The molecule has 0 bridgehead atoms. The Balaban J connectivity index is 1.59. The highest BCUT2D eigenvalue weighted by molar-refractivity contribution is 5.28. The van der Waals surface area contributed by atoms with Crippen molar-refractivity contribution in [1.82, 2.24) is 0 Å². The minimum Gasteiger partial charge on any atom is -0.497 e. The van der Waals surface area contributed by atoms with Crippen LogP contribution in [0.25, 0.3) is 0 Å². The molecular formula is C35H46O8. The van der Waals surface area contributed by atoms with Gasteiger partial charge in [-0.05, 0) is 65.9 Å². The Bertz CT molecular complexity index is 1180. The molecule has 8 heteroatoms. The number of hydrogen-bond acceptors (Lipinski definition) is 8. The molecule has 1 aliphatic rings. The molecule has 1 saturated heterocycles. The first-order valence-corrected chi connectivity index (χ1v) is 15.1. The van der Waals surface area contributed by atoms with E-state index in [0.717, 1.165) is 53.2 Å². The molecule has 5 atom stereocenters. The van der Waals surface area contributed by atoms with Crippen LogP contribution in [0.2, 0.25) is 0 Å². The molecule has 0 amide bonds. The molecule has 4 rings (SSSR count). The Morgan fingerprint density at radius 2 is 0.953 bits per heavy atom. The first-order chi connectivity index (χ1) is 21.1. The van der Waals surface area contributed by atoms with Crippen LogP contribution in [0.15, 0.2) is 72.8 Å². The second-order valence-corrected chi connectivity index (χ2v) is 10.5. The van der Waals surface area contributed by atoms with Crippen LogP contribution in [0.1, 0.15) is 49.8 Å². The van der Waals surface area contributed by atoms with E-state index in [1.807, 2.05) is 72.8 Å². The van der Waals surface area contributed by atoms with Gasteiger partial charge in [0.15, 0.2) is 6.29 Å². The van der Waals surface area contributed by atoms with Crippen molar-refractivity contribution in [2.75, 3.05) is 27.9 Å². The van der Waals surface area contributed by atoms with Crippen LogP contribution in [0, 0.1) is 0 Å². The molecule has 8 nitrogen and oxygen atoms in total. The first-order valence-electron chi connectivity index (χ1n) is 15.1. The van der Waals surface area contributed by atoms with Gasteiger partial charge in [-0.15, -0.1) is 0 Å². The Hall–Kier alpha value is -3.14. The van der Waals surface area contributed by atoms with E-state index in [0.29, 0.717) is 26.4 Å². The van der Waals surface area contributed by atoms with Crippen LogP contribution >= 0.6 is 0 Å². The molecule has 0 unspecified atom stereocenters. The van der Waals surface area contributed by atoms with Crippen molar-refractivity contribution >= 4 is 0 Å². The van der Waals surface area contributed by atoms with E-state index in [4.69, 9.17) is 37.9 Å². The fraction of sp³-hybridized carbons (Fsp3) is 0.486. The zero-order chi connectivity index (χ0) is 30.4. The largest absolute Gasteiger partial charge is 0.497 e. The highest BCUT2D eigenvalue weighted by atomic mass is 16.7. The minimum atomic E-state index is -0.601. The Morgan fingerprint density at radius 3 is 1.35 bits per heavy atom. The number of rotatable bonds is 17. The normalized spacial score (nSPS) is 21.8. The summed E-state index contributed by atoms with van der Waals surface area (Å²) in [5.41, 5.74) is 3.06. The van der Waals surface area contributed by atoms with E-state index in [1.165, 1.54) is 0 Å². The molecule has 1 heterocycles. The highest BCUT2D eigenvalue weighted by Gasteiger charge is 2.48. The van der Waals surface area contributed by atoms with Crippen LogP contribution < -0.4 is 14.2 Å². The number of ether oxygens (including phenoxy) is 8. The Morgan fingerprint density at radius 1 is 0.535 bits per heavy atom. The molecule has 0 spiro atoms.